The first kappa shape index (κ1) is 21.2. The summed E-state index contributed by atoms with van der Waals surface area (Å²) >= 11 is 0. The molecule has 0 fully saturated rings. The number of hydrogen-bond donors (Lipinski definition) is 5. The molecule has 0 saturated heterocycles. The smallest absolute Gasteiger partial charge is 0.328 e. The minimum absolute atomic E-state index is 0.111. The van der Waals surface area contributed by atoms with Gasteiger partial charge in [0.15, 0.2) is 17.5 Å². The summed E-state index contributed by atoms with van der Waals surface area (Å²) in [6.45, 7) is 5.09. The maximum Gasteiger partial charge on any atom is 0.328 e. The van der Waals surface area contributed by atoms with E-state index in [1.165, 1.54) is 18.2 Å². The third-order valence-electron chi connectivity index (χ3n) is 3.16. The van der Waals surface area contributed by atoms with Gasteiger partial charge in [0, 0.05) is 6.42 Å². The first-order valence-corrected chi connectivity index (χ1v) is 7.87. The van der Waals surface area contributed by atoms with Crippen molar-refractivity contribution in [2.75, 3.05) is 0 Å². The van der Waals surface area contributed by atoms with Crippen LogP contribution >= 0.6 is 0 Å². The number of benzene rings is 1. The summed E-state index contributed by atoms with van der Waals surface area (Å²) in [6, 6.07) is 1.48. The van der Waals surface area contributed by atoms with Crippen molar-refractivity contribution in [2.24, 2.45) is 10.7 Å². The monoisotopic (exact) mass is 368 g/mol. The molecule has 6 N–H and O–H groups in total. The van der Waals surface area contributed by atoms with Gasteiger partial charge in [0.1, 0.15) is 5.60 Å². The molecule has 0 spiro atoms. The fraction of sp³-hybridized carbons (Fsp3) is 0.471. The Labute approximate surface area is 150 Å². The Kier molecular flexibility index (Phi) is 6.96. The first-order valence-electron chi connectivity index (χ1n) is 7.87. The standard InChI is InChI=1S/C17H24N2O7/c1-17(2,3)26-15(10(18)8-14(22)23)19-11(16(24)25)6-9-4-5-12(20)13(21)7-9/h4-5,7,10-11,20-21H,6,8,18H2,1-3H3,(H,22,23)(H,24,25)/t10-,11-/m0/s1. The van der Waals surface area contributed by atoms with Gasteiger partial charge >= 0.3 is 11.9 Å². The average Bonchev–Trinajstić information content (AvgIpc) is 2.47. The number of aromatic hydroxyl groups is 2. The van der Waals surface area contributed by atoms with Gasteiger partial charge in [-0.25, -0.2) is 9.79 Å². The predicted octanol–water partition coefficient (Wildman–Crippen LogP) is 1.11. The molecule has 26 heavy (non-hydrogen) atoms. The summed E-state index contributed by atoms with van der Waals surface area (Å²) in [5, 5.41) is 37.2. The highest BCUT2D eigenvalue weighted by molar-refractivity contribution is 5.88. The summed E-state index contributed by atoms with van der Waals surface area (Å²) in [5.74, 6) is -3.32. The van der Waals surface area contributed by atoms with Crippen LogP contribution in [-0.2, 0) is 20.7 Å². The van der Waals surface area contributed by atoms with E-state index in [1.54, 1.807) is 20.8 Å². The van der Waals surface area contributed by atoms with Crippen molar-refractivity contribution < 1.29 is 34.8 Å². The first-order chi connectivity index (χ1) is 11.9. The highest BCUT2D eigenvalue weighted by atomic mass is 16.5. The molecule has 0 unspecified atom stereocenters. The summed E-state index contributed by atoms with van der Waals surface area (Å²) in [4.78, 5) is 26.5. The number of rotatable bonds is 7. The predicted molar refractivity (Wildman–Crippen MR) is 93.4 cm³/mol. The van der Waals surface area contributed by atoms with E-state index in [9.17, 15) is 24.9 Å². The van der Waals surface area contributed by atoms with E-state index >= 15 is 0 Å². The van der Waals surface area contributed by atoms with E-state index in [1.807, 2.05) is 0 Å². The number of carboxylic acids is 2. The van der Waals surface area contributed by atoms with Crippen molar-refractivity contribution in [3.8, 4) is 11.5 Å². The minimum Gasteiger partial charge on any atom is -0.504 e. The number of nitrogens with two attached hydrogens (primary N) is 1. The van der Waals surface area contributed by atoms with Crippen LogP contribution in [0.25, 0.3) is 0 Å². The Balaban J connectivity index is 3.16. The van der Waals surface area contributed by atoms with E-state index in [0.29, 0.717) is 5.56 Å². The van der Waals surface area contributed by atoms with Gasteiger partial charge in [-0.05, 0) is 38.5 Å². The fourth-order valence-electron chi connectivity index (χ4n) is 2.05. The van der Waals surface area contributed by atoms with E-state index in [0.717, 1.165) is 0 Å². The fourth-order valence-corrected chi connectivity index (χ4v) is 2.05. The van der Waals surface area contributed by atoms with Gasteiger partial charge in [0.2, 0.25) is 5.90 Å². The summed E-state index contributed by atoms with van der Waals surface area (Å²) in [5.41, 5.74) is 5.47. The molecule has 0 aromatic heterocycles. The maximum absolute atomic E-state index is 11.6. The number of carboxylic acid groups (broad SMARTS) is 2. The highest BCUT2D eigenvalue weighted by Gasteiger charge is 2.26. The van der Waals surface area contributed by atoms with Gasteiger partial charge in [0.25, 0.3) is 0 Å². The Hall–Kier alpha value is -2.81. The van der Waals surface area contributed by atoms with Crippen LogP contribution in [0.4, 0.5) is 0 Å². The number of aliphatic imine (C=N–C) groups is 1. The van der Waals surface area contributed by atoms with Gasteiger partial charge in [-0.2, -0.15) is 0 Å². The van der Waals surface area contributed by atoms with Crippen molar-refractivity contribution in [3.63, 3.8) is 0 Å². The number of ether oxygens (including phenoxy) is 1. The molecule has 9 heteroatoms. The van der Waals surface area contributed by atoms with Crippen LogP contribution in [0.3, 0.4) is 0 Å². The molecule has 0 aliphatic rings. The van der Waals surface area contributed by atoms with Crippen molar-refractivity contribution in [3.05, 3.63) is 23.8 Å². The normalized spacial score (nSPS) is 14.5. The average molecular weight is 368 g/mol. The van der Waals surface area contributed by atoms with E-state index in [2.05, 4.69) is 4.99 Å². The van der Waals surface area contributed by atoms with Gasteiger partial charge in [-0.3, -0.25) is 4.79 Å². The summed E-state index contributed by atoms with van der Waals surface area (Å²) < 4.78 is 5.57. The number of carbonyl (C=O) groups is 2. The molecule has 2 atom stereocenters. The van der Waals surface area contributed by atoms with Crippen LogP contribution in [0.5, 0.6) is 11.5 Å². The SMILES string of the molecule is CC(C)(C)OC(=N[C@@H](Cc1ccc(O)c(O)c1)C(=O)O)[C@@H](N)CC(=O)O. The van der Waals surface area contributed by atoms with Crippen LogP contribution in [0, 0.1) is 0 Å². The number of phenols is 2. The highest BCUT2D eigenvalue weighted by Crippen LogP contribution is 2.26. The van der Waals surface area contributed by atoms with Crippen molar-refractivity contribution in [1.29, 1.82) is 0 Å². The number of aliphatic carboxylic acids is 2. The van der Waals surface area contributed by atoms with E-state index < -0.39 is 36.0 Å². The van der Waals surface area contributed by atoms with Crippen LogP contribution in [0.2, 0.25) is 0 Å². The lowest BCUT2D eigenvalue weighted by atomic mass is 10.1. The molecule has 144 valence electrons. The summed E-state index contributed by atoms with van der Waals surface area (Å²) in [7, 11) is 0. The van der Waals surface area contributed by atoms with E-state index in [4.69, 9.17) is 15.6 Å². The van der Waals surface area contributed by atoms with Crippen molar-refractivity contribution >= 4 is 17.8 Å². The van der Waals surface area contributed by atoms with Crippen molar-refractivity contribution in [2.45, 2.75) is 51.3 Å². The van der Waals surface area contributed by atoms with Crippen molar-refractivity contribution in [1.82, 2.24) is 0 Å². The number of nitrogens with zero attached hydrogens (tertiary/aromatic N) is 1. The molecule has 1 aromatic carbocycles. The van der Waals surface area contributed by atoms with Gasteiger partial charge < -0.3 is 30.9 Å². The molecule has 0 radical (unpaired) electrons. The van der Waals surface area contributed by atoms with Gasteiger partial charge in [-0.15, -0.1) is 0 Å². The lowest BCUT2D eigenvalue weighted by molar-refractivity contribution is -0.138. The minimum atomic E-state index is -1.31. The number of phenolic OH excluding ortho intramolecular Hbond substituents is 2. The second-order valence-corrected chi connectivity index (χ2v) is 6.77. The second-order valence-electron chi connectivity index (χ2n) is 6.77. The van der Waals surface area contributed by atoms with Crippen LogP contribution in [-0.4, -0.2) is 55.9 Å². The van der Waals surface area contributed by atoms with Crippen LogP contribution in [0.1, 0.15) is 32.8 Å². The largest absolute Gasteiger partial charge is 0.504 e. The molecule has 1 rings (SSSR count). The Bertz CT molecular complexity index is 695. The maximum atomic E-state index is 11.6. The molecule has 0 aliphatic heterocycles. The lowest BCUT2D eigenvalue weighted by Crippen LogP contribution is -2.40. The van der Waals surface area contributed by atoms with Gasteiger partial charge in [-0.1, -0.05) is 6.07 Å². The van der Waals surface area contributed by atoms with E-state index in [-0.39, 0.29) is 23.8 Å². The second kappa shape index (κ2) is 8.52. The van der Waals surface area contributed by atoms with Gasteiger partial charge in [0.05, 0.1) is 12.5 Å². The quantitative estimate of drug-likeness (QED) is 0.271. The Morgan fingerprint density at radius 1 is 1.19 bits per heavy atom. The third-order valence-corrected chi connectivity index (χ3v) is 3.16. The zero-order valence-corrected chi connectivity index (χ0v) is 14.8. The molecular formula is C17H24N2O7. The zero-order valence-electron chi connectivity index (χ0n) is 14.8. The number of hydrogen-bond acceptors (Lipinski definition) is 7. The third kappa shape index (κ3) is 6.98. The lowest BCUT2D eigenvalue weighted by Gasteiger charge is -2.26. The Morgan fingerprint density at radius 2 is 1.81 bits per heavy atom. The molecule has 1 aromatic rings. The van der Waals surface area contributed by atoms with Crippen LogP contribution in [0.15, 0.2) is 23.2 Å². The molecule has 0 saturated carbocycles. The molecule has 0 aliphatic carbocycles. The summed E-state index contributed by atoms with van der Waals surface area (Å²) in [6.07, 6.45) is -0.582. The Morgan fingerprint density at radius 3 is 2.27 bits per heavy atom. The topological polar surface area (TPSA) is 163 Å². The van der Waals surface area contributed by atoms with Crippen LogP contribution < -0.4 is 5.73 Å². The molecular weight excluding hydrogens is 344 g/mol. The molecule has 0 heterocycles. The molecule has 0 amide bonds. The zero-order chi connectivity index (χ0) is 20.1. The molecule has 9 nitrogen and oxygen atoms in total. The molecule has 0 bridgehead atoms.